The largest absolute Gasteiger partial charge is 0.437 e. The summed E-state index contributed by atoms with van der Waals surface area (Å²) in [5.41, 5.74) is 9.93. The van der Waals surface area contributed by atoms with Gasteiger partial charge in [0.2, 0.25) is 5.88 Å². The molecule has 3 aliphatic rings. The van der Waals surface area contributed by atoms with Crippen LogP contribution in [0.25, 0.3) is 11.1 Å². The van der Waals surface area contributed by atoms with Crippen LogP contribution in [-0.2, 0) is 17.8 Å². The minimum Gasteiger partial charge on any atom is -0.437 e. The van der Waals surface area contributed by atoms with Crippen LogP contribution >= 0.6 is 12.6 Å². The van der Waals surface area contributed by atoms with Crippen molar-refractivity contribution >= 4 is 18.5 Å². The molecule has 2 aromatic carbocycles. The molecule has 10 nitrogen and oxygen atoms in total. The van der Waals surface area contributed by atoms with Crippen LogP contribution in [0.2, 0.25) is 0 Å². The molecule has 0 spiro atoms. The molecule has 12 heteroatoms. The van der Waals surface area contributed by atoms with Crippen LogP contribution in [0, 0.1) is 5.82 Å². The van der Waals surface area contributed by atoms with Gasteiger partial charge in [-0.05, 0) is 62.4 Å². The number of aliphatic hydroxyl groups excluding tert-OH is 1. The molecule has 1 aromatic heterocycles. The molecule has 49 heavy (non-hydrogen) atoms. The van der Waals surface area contributed by atoms with E-state index in [1.807, 2.05) is 18.2 Å². The first-order chi connectivity index (χ1) is 23.9. The van der Waals surface area contributed by atoms with Crippen molar-refractivity contribution in [2.75, 3.05) is 59.0 Å². The molecule has 1 saturated carbocycles. The van der Waals surface area contributed by atoms with Crippen molar-refractivity contribution in [2.45, 2.75) is 62.7 Å². The number of halogens is 1. The second kappa shape index (κ2) is 17.2. The van der Waals surface area contributed by atoms with Crippen LogP contribution in [0.3, 0.4) is 0 Å². The monoisotopic (exact) mass is 692 g/mol. The van der Waals surface area contributed by atoms with Crippen LogP contribution < -0.4 is 15.8 Å². The highest BCUT2D eigenvalue weighted by Crippen LogP contribution is 2.39. The lowest BCUT2D eigenvalue weighted by Gasteiger charge is -2.32. The van der Waals surface area contributed by atoms with E-state index in [9.17, 15) is 14.3 Å². The Morgan fingerprint density at radius 2 is 1.80 bits per heavy atom. The Kier molecular flexibility index (Phi) is 12.5. The van der Waals surface area contributed by atoms with E-state index in [0.29, 0.717) is 38.5 Å². The summed E-state index contributed by atoms with van der Waals surface area (Å²) >= 11 is 4.62. The number of pyridine rings is 1. The molecule has 3 aromatic rings. The highest BCUT2D eigenvalue weighted by molar-refractivity contribution is 7.80. The third-order valence-corrected chi connectivity index (χ3v) is 10.1. The number of carbonyl (C=O) groups is 1. The standard InChI is InChI=1S/C37H49FN6O4S/c38-28-21-32(36(46)41-30-10-8-29(39)9-11-30)37(40-22-28)48-35-27(23-43-14-4-13-42(15-16-43)17-19-45)7-12-31(26-5-2-1-3-6-26)33(35)24-44-18-20-47-34(49)25-44/h1-3,5-7,12,21-22,29-30,34,45,49H,4,8-11,13-20,23-25,39H2,(H,41,46). The summed E-state index contributed by atoms with van der Waals surface area (Å²) < 4.78 is 27.3. The van der Waals surface area contributed by atoms with E-state index < -0.39 is 11.7 Å². The number of nitrogens with two attached hydrogens (primary N) is 1. The first-order valence-corrected chi connectivity index (χ1v) is 18.1. The van der Waals surface area contributed by atoms with E-state index in [-0.39, 0.29) is 35.6 Å². The van der Waals surface area contributed by atoms with E-state index in [1.54, 1.807) is 0 Å². The van der Waals surface area contributed by atoms with Gasteiger partial charge < -0.3 is 25.6 Å². The third-order valence-electron chi connectivity index (χ3n) is 9.80. The number of β-amino-alcohol motifs (C(OH)–C–C–N with tert-alkyl or cyclic N) is 1. The maximum absolute atomic E-state index is 14.7. The van der Waals surface area contributed by atoms with E-state index >= 15 is 0 Å². The molecule has 4 N–H and O–H groups in total. The number of hydrogen-bond donors (Lipinski definition) is 4. The number of rotatable bonds is 11. The summed E-state index contributed by atoms with van der Waals surface area (Å²) in [6, 6.07) is 15.8. The lowest BCUT2D eigenvalue weighted by atomic mass is 9.91. The van der Waals surface area contributed by atoms with E-state index in [4.69, 9.17) is 15.2 Å². The van der Waals surface area contributed by atoms with Crippen LogP contribution in [0.5, 0.6) is 11.6 Å². The molecule has 264 valence electrons. The minimum absolute atomic E-state index is 0.0418. The summed E-state index contributed by atoms with van der Waals surface area (Å²) in [6.45, 7) is 7.46. The lowest BCUT2D eigenvalue weighted by Crippen LogP contribution is -2.40. The zero-order valence-electron chi connectivity index (χ0n) is 28.1. The number of morpholine rings is 1. The molecule has 1 unspecified atom stereocenters. The van der Waals surface area contributed by atoms with Gasteiger partial charge in [-0.1, -0.05) is 42.5 Å². The number of amides is 1. The summed E-state index contributed by atoms with van der Waals surface area (Å²) in [5.74, 6) is -0.325. The predicted octanol–water partition coefficient (Wildman–Crippen LogP) is 4.27. The van der Waals surface area contributed by atoms with Gasteiger partial charge in [0.15, 0.2) is 0 Å². The maximum Gasteiger partial charge on any atom is 0.257 e. The van der Waals surface area contributed by atoms with Crippen LogP contribution in [-0.4, -0.2) is 107 Å². The average molecular weight is 693 g/mol. The minimum atomic E-state index is -0.605. The van der Waals surface area contributed by atoms with E-state index in [1.165, 1.54) is 6.07 Å². The number of nitrogens with zero attached hydrogens (tertiary/aromatic N) is 4. The average Bonchev–Trinajstić information content (AvgIpc) is 3.33. The molecule has 1 aliphatic carbocycles. The zero-order chi connectivity index (χ0) is 34.2. The zero-order valence-corrected chi connectivity index (χ0v) is 29.0. The first kappa shape index (κ1) is 35.7. The van der Waals surface area contributed by atoms with Gasteiger partial charge in [0.25, 0.3) is 5.91 Å². The number of benzene rings is 2. The number of nitrogens with one attached hydrogen (secondary N) is 1. The van der Waals surface area contributed by atoms with Crippen molar-refractivity contribution in [2.24, 2.45) is 5.73 Å². The number of aromatic nitrogens is 1. The Hall–Kier alpha value is -3.10. The molecular formula is C37H49FN6O4S. The maximum atomic E-state index is 14.7. The highest BCUT2D eigenvalue weighted by Gasteiger charge is 2.28. The number of ether oxygens (including phenoxy) is 2. The number of carbonyl (C=O) groups excluding carboxylic acids is 1. The molecule has 1 amide bonds. The molecular weight excluding hydrogens is 644 g/mol. The van der Waals surface area contributed by atoms with Crippen LogP contribution in [0.4, 0.5) is 4.39 Å². The molecule has 6 rings (SSSR count). The summed E-state index contributed by atoms with van der Waals surface area (Å²) in [4.78, 5) is 25.1. The van der Waals surface area contributed by atoms with Gasteiger partial charge in [0.05, 0.1) is 19.4 Å². The first-order valence-electron chi connectivity index (χ1n) is 17.5. The van der Waals surface area contributed by atoms with Crippen molar-refractivity contribution in [3.05, 3.63) is 77.2 Å². The van der Waals surface area contributed by atoms with Crippen molar-refractivity contribution in [1.29, 1.82) is 0 Å². The molecule has 1 atom stereocenters. The van der Waals surface area contributed by atoms with Gasteiger partial charge >= 0.3 is 0 Å². The Morgan fingerprint density at radius 3 is 2.57 bits per heavy atom. The normalized spacial score (nSPS) is 22.8. The fraction of sp³-hybridized carbons (Fsp3) is 0.514. The molecule has 0 radical (unpaired) electrons. The number of hydrogen-bond acceptors (Lipinski definition) is 10. The summed E-state index contributed by atoms with van der Waals surface area (Å²) in [6.07, 6.45) is 5.30. The SMILES string of the molecule is NC1CCC(NC(=O)c2cc(F)cnc2Oc2c(CN3CCCN(CCO)CC3)ccc(-c3ccccc3)c2CN2CCOC(S)C2)CC1. The van der Waals surface area contributed by atoms with Crippen LogP contribution in [0.15, 0.2) is 54.7 Å². The van der Waals surface area contributed by atoms with Crippen molar-refractivity contribution < 1.29 is 23.8 Å². The number of aliphatic hydroxyl groups is 1. The fourth-order valence-electron chi connectivity index (χ4n) is 7.11. The second-order valence-corrected chi connectivity index (χ2v) is 14.0. The Morgan fingerprint density at radius 1 is 1.02 bits per heavy atom. The van der Waals surface area contributed by atoms with Gasteiger partial charge in [0, 0.05) is 69.0 Å². The van der Waals surface area contributed by atoms with Crippen LogP contribution in [0.1, 0.15) is 53.6 Å². The smallest absolute Gasteiger partial charge is 0.257 e. The Bertz CT molecular complexity index is 1540. The Balaban J connectivity index is 1.39. The van der Waals surface area contributed by atoms with Crippen molar-refractivity contribution in [3.8, 4) is 22.8 Å². The number of thiol groups is 1. The van der Waals surface area contributed by atoms with Gasteiger partial charge in [-0.3, -0.25) is 19.5 Å². The van der Waals surface area contributed by atoms with E-state index in [0.717, 1.165) is 93.3 Å². The molecule has 3 heterocycles. The second-order valence-electron chi connectivity index (χ2n) is 13.4. The summed E-state index contributed by atoms with van der Waals surface area (Å²) in [7, 11) is 0. The van der Waals surface area contributed by atoms with Gasteiger partial charge in [-0.15, -0.1) is 12.6 Å². The van der Waals surface area contributed by atoms with Crippen molar-refractivity contribution in [3.63, 3.8) is 0 Å². The predicted molar refractivity (Wildman–Crippen MR) is 191 cm³/mol. The molecule has 3 fully saturated rings. The highest BCUT2D eigenvalue weighted by atomic mass is 32.1. The van der Waals surface area contributed by atoms with E-state index in [2.05, 4.69) is 61.9 Å². The quantitative estimate of drug-likeness (QED) is 0.219. The third kappa shape index (κ3) is 9.57. The fourth-order valence-corrected chi connectivity index (χ4v) is 7.44. The summed E-state index contributed by atoms with van der Waals surface area (Å²) in [5, 5.41) is 12.6. The molecule has 0 bridgehead atoms. The van der Waals surface area contributed by atoms with Gasteiger partial charge in [0.1, 0.15) is 22.6 Å². The lowest BCUT2D eigenvalue weighted by molar-refractivity contribution is 0.0156. The van der Waals surface area contributed by atoms with Gasteiger partial charge in [-0.2, -0.15) is 0 Å². The van der Waals surface area contributed by atoms with Gasteiger partial charge in [-0.25, -0.2) is 9.37 Å². The van der Waals surface area contributed by atoms with Crippen molar-refractivity contribution in [1.82, 2.24) is 25.0 Å². The topological polar surface area (TPSA) is 116 Å². The molecule has 2 aliphatic heterocycles. The Labute approximate surface area is 294 Å². The molecule has 2 saturated heterocycles.